The van der Waals surface area contributed by atoms with Crippen molar-refractivity contribution in [3.63, 3.8) is 0 Å². The Morgan fingerprint density at radius 3 is 2.43 bits per heavy atom. The molecule has 0 unspecified atom stereocenters. The summed E-state index contributed by atoms with van der Waals surface area (Å²) in [6.45, 7) is 3.31. The maximum absolute atomic E-state index is 12.9. The third kappa shape index (κ3) is 5.68. The molecule has 9 heteroatoms. The highest BCUT2D eigenvalue weighted by Gasteiger charge is 2.16. The van der Waals surface area contributed by atoms with Gasteiger partial charge in [-0.1, -0.05) is 18.2 Å². The minimum absolute atomic E-state index is 0.00154. The lowest BCUT2D eigenvalue weighted by molar-refractivity contribution is -0.116. The monoisotopic (exact) mass is 474 g/mol. The summed E-state index contributed by atoms with van der Waals surface area (Å²) in [6.07, 6.45) is 0. The Balaban J connectivity index is 1.74. The number of nitriles is 1. The van der Waals surface area contributed by atoms with Crippen molar-refractivity contribution in [1.82, 2.24) is 9.88 Å². The van der Waals surface area contributed by atoms with Gasteiger partial charge in [0, 0.05) is 12.2 Å². The van der Waals surface area contributed by atoms with E-state index in [2.05, 4.69) is 10.6 Å². The number of aryl methyl sites for hydroxylation is 2. The molecule has 35 heavy (non-hydrogen) atoms. The Morgan fingerprint density at radius 1 is 1.03 bits per heavy atom. The van der Waals surface area contributed by atoms with Gasteiger partial charge in [-0.2, -0.15) is 5.26 Å². The molecule has 0 radical (unpaired) electrons. The molecule has 3 rings (SSSR count). The molecule has 0 aliphatic carbocycles. The van der Waals surface area contributed by atoms with Crippen LogP contribution in [0.4, 0.5) is 5.69 Å². The third-order valence-corrected chi connectivity index (χ3v) is 5.46. The predicted molar refractivity (Wildman–Crippen MR) is 131 cm³/mol. The van der Waals surface area contributed by atoms with Gasteiger partial charge in [0.15, 0.2) is 11.5 Å². The fourth-order valence-electron chi connectivity index (χ4n) is 3.65. The first-order chi connectivity index (χ1) is 16.8. The van der Waals surface area contributed by atoms with Gasteiger partial charge >= 0.3 is 0 Å². The van der Waals surface area contributed by atoms with E-state index >= 15 is 0 Å². The Bertz CT molecular complexity index is 1370. The first-order valence-corrected chi connectivity index (χ1v) is 10.8. The lowest BCUT2D eigenvalue weighted by Gasteiger charge is -2.14. The van der Waals surface area contributed by atoms with Crippen molar-refractivity contribution in [1.29, 1.82) is 5.26 Å². The van der Waals surface area contributed by atoms with Gasteiger partial charge in [-0.15, -0.1) is 0 Å². The van der Waals surface area contributed by atoms with Crippen LogP contribution in [0.25, 0.3) is 0 Å². The van der Waals surface area contributed by atoms with Crippen LogP contribution in [0, 0.1) is 25.2 Å². The zero-order valence-electron chi connectivity index (χ0n) is 20.0. The van der Waals surface area contributed by atoms with Crippen LogP contribution in [0.15, 0.2) is 53.3 Å². The number of benzene rings is 2. The van der Waals surface area contributed by atoms with Crippen molar-refractivity contribution in [2.75, 3.05) is 19.5 Å². The summed E-state index contributed by atoms with van der Waals surface area (Å²) in [5.41, 5.74) is 1.97. The molecule has 0 saturated carbocycles. The van der Waals surface area contributed by atoms with Crippen LogP contribution in [0.2, 0.25) is 0 Å². The van der Waals surface area contributed by atoms with Crippen LogP contribution in [-0.2, 0) is 17.9 Å². The number of amides is 2. The number of methoxy groups -OCH3 is 2. The molecule has 0 spiro atoms. The van der Waals surface area contributed by atoms with Gasteiger partial charge in [-0.25, -0.2) is 0 Å². The molecule has 0 aliphatic heterocycles. The summed E-state index contributed by atoms with van der Waals surface area (Å²) in [6, 6.07) is 15.5. The molecule has 0 aliphatic rings. The van der Waals surface area contributed by atoms with Gasteiger partial charge in [0.25, 0.3) is 11.5 Å². The van der Waals surface area contributed by atoms with E-state index in [4.69, 9.17) is 9.47 Å². The van der Waals surface area contributed by atoms with E-state index in [1.807, 2.05) is 12.1 Å². The fourth-order valence-corrected chi connectivity index (χ4v) is 3.65. The molecule has 180 valence electrons. The largest absolute Gasteiger partial charge is 0.493 e. The number of aromatic nitrogens is 1. The van der Waals surface area contributed by atoms with Gasteiger partial charge < -0.3 is 24.7 Å². The Morgan fingerprint density at radius 2 is 1.74 bits per heavy atom. The van der Waals surface area contributed by atoms with E-state index < -0.39 is 11.5 Å². The summed E-state index contributed by atoms with van der Waals surface area (Å²) in [5, 5.41) is 14.8. The summed E-state index contributed by atoms with van der Waals surface area (Å²) in [5.74, 6) is 0.253. The summed E-state index contributed by atoms with van der Waals surface area (Å²) in [7, 11) is 3.08. The quantitative estimate of drug-likeness (QED) is 0.518. The summed E-state index contributed by atoms with van der Waals surface area (Å²) < 4.78 is 11.8. The normalized spacial score (nSPS) is 10.3. The second kappa shape index (κ2) is 11.0. The third-order valence-electron chi connectivity index (χ3n) is 5.46. The lowest BCUT2D eigenvalue weighted by Crippen LogP contribution is -2.32. The molecule has 2 amide bonds. The number of anilines is 1. The Hall–Kier alpha value is -4.58. The highest BCUT2D eigenvalue weighted by Crippen LogP contribution is 2.27. The SMILES string of the molecule is COc1ccc(CNC(=O)c2ccccc2NC(=O)Cn2c(C)cc(C)c(C#N)c2=O)cc1OC. The first kappa shape index (κ1) is 25.1. The molecule has 1 heterocycles. The van der Waals surface area contributed by atoms with E-state index in [0.29, 0.717) is 28.4 Å². The van der Waals surface area contributed by atoms with Crippen molar-refractivity contribution in [2.45, 2.75) is 26.9 Å². The number of hydrogen-bond donors (Lipinski definition) is 2. The molecule has 3 aromatic rings. The zero-order chi connectivity index (χ0) is 25.5. The smallest absolute Gasteiger partial charge is 0.269 e. The van der Waals surface area contributed by atoms with Crippen LogP contribution in [0.1, 0.15) is 32.7 Å². The van der Waals surface area contributed by atoms with Crippen LogP contribution in [0.5, 0.6) is 11.5 Å². The predicted octanol–water partition coefficient (Wildman–Crippen LogP) is 2.92. The molecule has 1 aromatic heterocycles. The van der Waals surface area contributed by atoms with Gasteiger partial charge in [-0.05, 0) is 55.3 Å². The van der Waals surface area contributed by atoms with E-state index in [0.717, 1.165) is 5.56 Å². The number of para-hydroxylation sites is 1. The van der Waals surface area contributed by atoms with Crippen molar-refractivity contribution in [3.05, 3.63) is 86.8 Å². The van der Waals surface area contributed by atoms with Gasteiger partial charge in [-0.3, -0.25) is 14.4 Å². The minimum Gasteiger partial charge on any atom is -0.493 e. The molecular weight excluding hydrogens is 448 g/mol. The van der Waals surface area contributed by atoms with E-state index in [1.165, 1.54) is 11.7 Å². The van der Waals surface area contributed by atoms with E-state index in [-0.39, 0.29) is 30.1 Å². The second-order valence-corrected chi connectivity index (χ2v) is 7.81. The van der Waals surface area contributed by atoms with Crippen molar-refractivity contribution < 1.29 is 19.1 Å². The molecule has 2 aromatic carbocycles. The standard InChI is InChI=1S/C26H26N4O5/c1-16-11-17(2)30(26(33)20(16)13-27)15-24(31)29-21-8-6-5-7-19(21)25(32)28-14-18-9-10-22(34-3)23(12-18)35-4/h5-12H,14-15H2,1-4H3,(H,28,32)(H,29,31). The van der Waals surface area contributed by atoms with Crippen LogP contribution in [0.3, 0.4) is 0 Å². The van der Waals surface area contributed by atoms with Gasteiger partial charge in [0.2, 0.25) is 5.91 Å². The molecule has 0 saturated heterocycles. The Labute approximate surface area is 202 Å². The van der Waals surface area contributed by atoms with E-state index in [9.17, 15) is 19.6 Å². The van der Waals surface area contributed by atoms with Crippen LogP contribution >= 0.6 is 0 Å². The maximum Gasteiger partial charge on any atom is 0.269 e. The molecule has 2 N–H and O–H groups in total. The molecule has 9 nitrogen and oxygen atoms in total. The number of nitrogens with zero attached hydrogens (tertiary/aromatic N) is 2. The van der Waals surface area contributed by atoms with Gasteiger partial charge in [0.05, 0.1) is 25.5 Å². The lowest BCUT2D eigenvalue weighted by atomic mass is 10.1. The summed E-state index contributed by atoms with van der Waals surface area (Å²) in [4.78, 5) is 38.2. The topological polar surface area (TPSA) is 122 Å². The fraction of sp³-hybridized carbons (Fsp3) is 0.231. The highest BCUT2D eigenvalue weighted by molar-refractivity contribution is 6.03. The number of carbonyl (C=O) groups is 2. The van der Waals surface area contributed by atoms with Crippen molar-refractivity contribution in [3.8, 4) is 17.6 Å². The summed E-state index contributed by atoms with van der Waals surface area (Å²) >= 11 is 0. The maximum atomic E-state index is 12.9. The first-order valence-electron chi connectivity index (χ1n) is 10.8. The number of carbonyl (C=O) groups excluding carboxylic acids is 2. The second-order valence-electron chi connectivity index (χ2n) is 7.81. The van der Waals surface area contributed by atoms with E-state index in [1.54, 1.807) is 63.4 Å². The average molecular weight is 475 g/mol. The van der Waals surface area contributed by atoms with Gasteiger partial charge in [0.1, 0.15) is 18.2 Å². The minimum atomic E-state index is -0.527. The number of pyridine rings is 1. The number of hydrogen-bond acceptors (Lipinski definition) is 6. The average Bonchev–Trinajstić information content (AvgIpc) is 2.85. The Kier molecular flexibility index (Phi) is 7.89. The van der Waals surface area contributed by atoms with Crippen LogP contribution < -0.4 is 25.7 Å². The molecular formula is C26H26N4O5. The van der Waals surface area contributed by atoms with Crippen molar-refractivity contribution in [2.24, 2.45) is 0 Å². The van der Waals surface area contributed by atoms with Crippen LogP contribution in [-0.4, -0.2) is 30.6 Å². The molecule has 0 fully saturated rings. The number of ether oxygens (including phenoxy) is 2. The number of rotatable bonds is 8. The molecule has 0 bridgehead atoms. The highest BCUT2D eigenvalue weighted by atomic mass is 16.5. The zero-order valence-corrected chi connectivity index (χ0v) is 20.0. The van der Waals surface area contributed by atoms with Crippen molar-refractivity contribution >= 4 is 17.5 Å². The number of nitrogens with one attached hydrogen (secondary N) is 2. The molecule has 0 atom stereocenters.